The summed E-state index contributed by atoms with van der Waals surface area (Å²) in [4.78, 5) is 34.2. The molecule has 1 aromatic rings. The first-order valence-electron chi connectivity index (χ1n) is 13.8. The Kier molecular flexibility index (Phi) is 7.88. The van der Waals surface area contributed by atoms with Gasteiger partial charge in [-0.05, 0) is 101 Å². The molecule has 3 unspecified atom stereocenters. The lowest BCUT2D eigenvalue weighted by atomic mass is 10.00. The zero-order chi connectivity index (χ0) is 24.2. The van der Waals surface area contributed by atoms with Gasteiger partial charge in [-0.3, -0.25) is 9.69 Å². The third-order valence-corrected chi connectivity index (χ3v) is 8.34. The third-order valence-electron chi connectivity index (χ3n) is 8.34. The first-order chi connectivity index (χ1) is 17.0. The first-order valence-corrected chi connectivity index (χ1v) is 13.8. The summed E-state index contributed by atoms with van der Waals surface area (Å²) in [6, 6.07) is 3.44. The van der Waals surface area contributed by atoms with Gasteiger partial charge in [-0.1, -0.05) is 6.07 Å². The van der Waals surface area contributed by atoms with Crippen LogP contribution in [-0.4, -0.2) is 83.1 Å². The summed E-state index contributed by atoms with van der Waals surface area (Å²) in [6.45, 7) is 5.67. The molecule has 192 valence electrons. The standard InChI is InChI=1S/C27H41N5O3/c33-26(24-4-2-14-32(24)18-19-5-6-19)30-23(27(34)35)12-16-31-15-11-20(17-31)7-9-22-10-8-21-3-1-13-28-25(21)29-22/h8,10,19-20,23-24H,1-7,9,11-18H2,(H,28,29)(H,30,33)(H,34,35). The summed E-state index contributed by atoms with van der Waals surface area (Å²) in [5.41, 5.74) is 2.49. The van der Waals surface area contributed by atoms with Crippen molar-refractivity contribution in [3.8, 4) is 0 Å². The van der Waals surface area contributed by atoms with Gasteiger partial charge < -0.3 is 20.6 Å². The van der Waals surface area contributed by atoms with Crippen molar-refractivity contribution in [2.24, 2.45) is 11.8 Å². The molecule has 5 rings (SSSR count). The summed E-state index contributed by atoms with van der Waals surface area (Å²) in [6.07, 6.45) is 10.4. The summed E-state index contributed by atoms with van der Waals surface area (Å²) in [5.74, 6) is 1.40. The number of carbonyl (C=O) groups is 2. The predicted octanol–water partition coefficient (Wildman–Crippen LogP) is 2.53. The highest BCUT2D eigenvalue weighted by Gasteiger charge is 2.36. The van der Waals surface area contributed by atoms with Gasteiger partial charge in [-0.25, -0.2) is 9.78 Å². The number of hydrogen-bond acceptors (Lipinski definition) is 6. The van der Waals surface area contributed by atoms with Crippen LogP contribution in [-0.2, 0) is 22.4 Å². The first kappa shape index (κ1) is 24.5. The molecule has 1 amide bonds. The van der Waals surface area contributed by atoms with Crippen molar-refractivity contribution >= 4 is 17.7 Å². The Balaban J connectivity index is 1.05. The number of pyridine rings is 1. The van der Waals surface area contributed by atoms with Gasteiger partial charge >= 0.3 is 5.97 Å². The highest BCUT2D eigenvalue weighted by molar-refractivity contribution is 5.87. The number of nitrogens with zero attached hydrogens (tertiary/aromatic N) is 3. The van der Waals surface area contributed by atoms with Gasteiger partial charge in [0, 0.05) is 31.9 Å². The maximum absolute atomic E-state index is 12.9. The molecule has 0 aromatic carbocycles. The number of amides is 1. The van der Waals surface area contributed by atoms with Crippen LogP contribution in [0.4, 0.5) is 5.82 Å². The summed E-state index contributed by atoms with van der Waals surface area (Å²) < 4.78 is 0. The number of fused-ring (bicyclic) bond motifs is 1. The van der Waals surface area contributed by atoms with Gasteiger partial charge in [-0.2, -0.15) is 0 Å². The maximum atomic E-state index is 12.9. The number of likely N-dealkylation sites (tertiary alicyclic amines) is 2. The Morgan fingerprint density at radius 3 is 2.86 bits per heavy atom. The van der Waals surface area contributed by atoms with Crippen LogP contribution in [0.1, 0.15) is 62.6 Å². The summed E-state index contributed by atoms with van der Waals surface area (Å²) in [7, 11) is 0. The summed E-state index contributed by atoms with van der Waals surface area (Å²) in [5, 5.41) is 16.0. The quantitative estimate of drug-likeness (QED) is 0.445. The van der Waals surface area contributed by atoms with Crippen LogP contribution in [0.25, 0.3) is 0 Å². The fraction of sp³-hybridized carbons (Fsp3) is 0.741. The number of carboxylic acids is 1. The molecule has 0 bridgehead atoms. The normalized spacial score (nSPS) is 25.7. The minimum Gasteiger partial charge on any atom is -0.480 e. The number of hydrogen-bond donors (Lipinski definition) is 3. The van der Waals surface area contributed by atoms with Crippen LogP contribution in [0.15, 0.2) is 12.1 Å². The molecular formula is C27H41N5O3. The number of rotatable bonds is 11. The molecule has 1 saturated carbocycles. The SMILES string of the molecule is O=C(O)C(CCN1CCC(CCc2ccc3c(n2)NCCC3)C1)NC(=O)C1CCCN1CC1CC1. The van der Waals surface area contributed by atoms with Crippen molar-refractivity contribution in [2.45, 2.75) is 76.3 Å². The van der Waals surface area contributed by atoms with Gasteiger partial charge in [0.05, 0.1) is 6.04 Å². The van der Waals surface area contributed by atoms with E-state index in [1.807, 2.05) is 0 Å². The molecule has 0 spiro atoms. The Labute approximate surface area is 208 Å². The fourth-order valence-corrected chi connectivity index (χ4v) is 6.02. The minimum absolute atomic E-state index is 0.0955. The minimum atomic E-state index is -0.923. The van der Waals surface area contributed by atoms with Crippen LogP contribution >= 0.6 is 0 Å². The Hall–Kier alpha value is -2.19. The van der Waals surface area contributed by atoms with E-state index in [0.717, 1.165) is 88.7 Å². The number of aromatic nitrogens is 1. The van der Waals surface area contributed by atoms with E-state index in [1.165, 1.54) is 24.8 Å². The van der Waals surface area contributed by atoms with E-state index in [0.29, 0.717) is 18.9 Å². The van der Waals surface area contributed by atoms with Gasteiger partial charge in [0.1, 0.15) is 11.9 Å². The second-order valence-electron chi connectivity index (χ2n) is 11.1. The van der Waals surface area contributed by atoms with Crippen molar-refractivity contribution in [3.05, 3.63) is 23.4 Å². The van der Waals surface area contributed by atoms with E-state index in [-0.39, 0.29) is 11.9 Å². The van der Waals surface area contributed by atoms with Crippen molar-refractivity contribution in [1.82, 2.24) is 20.1 Å². The molecule has 8 nitrogen and oxygen atoms in total. The van der Waals surface area contributed by atoms with E-state index in [1.54, 1.807) is 0 Å². The molecule has 35 heavy (non-hydrogen) atoms. The lowest BCUT2D eigenvalue weighted by Gasteiger charge is -2.26. The van der Waals surface area contributed by atoms with E-state index >= 15 is 0 Å². The van der Waals surface area contributed by atoms with Crippen molar-refractivity contribution in [1.29, 1.82) is 0 Å². The van der Waals surface area contributed by atoms with Crippen LogP contribution < -0.4 is 10.6 Å². The van der Waals surface area contributed by atoms with Gasteiger partial charge in [0.2, 0.25) is 5.91 Å². The number of aliphatic carboxylic acids is 1. The molecule has 1 aliphatic carbocycles. The second-order valence-corrected chi connectivity index (χ2v) is 11.1. The molecule has 1 aromatic heterocycles. The highest BCUT2D eigenvalue weighted by atomic mass is 16.4. The zero-order valence-electron chi connectivity index (χ0n) is 20.9. The van der Waals surface area contributed by atoms with E-state index < -0.39 is 12.0 Å². The van der Waals surface area contributed by atoms with Crippen molar-refractivity contribution < 1.29 is 14.7 Å². The second kappa shape index (κ2) is 11.2. The molecule has 4 aliphatic rings. The van der Waals surface area contributed by atoms with E-state index in [4.69, 9.17) is 4.98 Å². The van der Waals surface area contributed by atoms with Gasteiger partial charge in [0.25, 0.3) is 0 Å². The monoisotopic (exact) mass is 483 g/mol. The van der Waals surface area contributed by atoms with E-state index in [9.17, 15) is 14.7 Å². The topological polar surface area (TPSA) is 97.8 Å². The molecule has 3 aliphatic heterocycles. The Bertz CT molecular complexity index is 905. The van der Waals surface area contributed by atoms with Crippen molar-refractivity contribution in [3.63, 3.8) is 0 Å². The predicted molar refractivity (Wildman–Crippen MR) is 135 cm³/mol. The molecule has 4 heterocycles. The molecule has 0 radical (unpaired) electrons. The van der Waals surface area contributed by atoms with Crippen LogP contribution in [0.2, 0.25) is 0 Å². The van der Waals surface area contributed by atoms with Crippen LogP contribution in [0, 0.1) is 11.8 Å². The van der Waals surface area contributed by atoms with Crippen LogP contribution in [0.5, 0.6) is 0 Å². The number of carbonyl (C=O) groups excluding carboxylic acids is 1. The lowest BCUT2D eigenvalue weighted by molar-refractivity contribution is -0.142. The molecule has 3 atom stereocenters. The van der Waals surface area contributed by atoms with Gasteiger partial charge in [0.15, 0.2) is 0 Å². The van der Waals surface area contributed by atoms with E-state index in [2.05, 4.69) is 32.6 Å². The number of carboxylic acid groups (broad SMARTS) is 1. The largest absolute Gasteiger partial charge is 0.480 e. The number of anilines is 1. The van der Waals surface area contributed by atoms with Crippen LogP contribution in [0.3, 0.4) is 0 Å². The number of nitrogens with one attached hydrogen (secondary N) is 2. The number of aryl methyl sites for hydroxylation is 2. The molecular weight excluding hydrogens is 442 g/mol. The Morgan fingerprint density at radius 2 is 2.03 bits per heavy atom. The average molecular weight is 484 g/mol. The average Bonchev–Trinajstić information content (AvgIpc) is 3.35. The van der Waals surface area contributed by atoms with Gasteiger partial charge in [-0.15, -0.1) is 0 Å². The fourth-order valence-electron chi connectivity index (χ4n) is 6.02. The zero-order valence-corrected chi connectivity index (χ0v) is 20.9. The maximum Gasteiger partial charge on any atom is 0.326 e. The van der Waals surface area contributed by atoms with Crippen molar-refractivity contribution in [2.75, 3.05) is 44.6 Å². The summed E-state index contributed by atoms with van der Waals surface area (Å²) >= 11 is 0. The molecule has 3 fully saturated rings. The third kappa shape index (κ3) is 6.53. The lowest BCUT2D eigenvalue weighted by Crippen LogP contribution is -2.50. The molecule has 3 N–H and O–H groups in total. The smallest absolute Gasteiger partial charge is 0.326 e. The highest BCUT2D eigenvalue weighted by Crippen LogP contribution is 2.32. The molecule has 8 heteroatoms. The molecule has 2 saturated heterocycles. The Morgan fingerprint density at radius 1 is 1.14 bits per heavy atom.